The van der Waals surface area contributed by atoms with E-state index in [-0.39, 0.29) is 18.6 Å². The van der Waals surface area contributed by atoms with Crippen molar-refractivity contribution in [2.24, 2.45) is 0 Å². The van der Waals surface area contributed by atoms with Gasteiger partial charge in [0.05, 0.1) is 19.2 Å². The van der Waals surface area contributed by atoms with Gasteiger partial charge in [0, 0.05) is 18.5 Å². The van der Waals surface area contributed by atoms with Crippen LogP contribution < -0.4 is 5.73 Å². The van der Waals surface area contributed by atoms with Crippen LogP contribution in [0.2, 0.25) is 0 Å². The average molecular weight is 322 g/mol. The predicted octanol–water partition coefficient (Wildman–Crippen LogP) is 3.27. The number of methoxy groups -OCH3 is 1. The van der Waals surface area contributed by atoms with Gasteiger partial charge in [-0.2, -0.15) is 0 Å². The second-order valence-electron chi connectivity index (χ2n) is 5.53. The number of aryl methyl sites for hydroxylation is 1. The van der Waals surface area contributed by atoms with Crippen molar-refractivity contribution in [1.82, 2.24) is 0 Å². The van der Waals surface area contributed by atoms with Gasteiger partial charge in [0.2, 0.25) is 0 Å². The molecule has 0 amide bonds. The Morgan fingerprint density at radius 2 is 1.96 bits per heavy atom. The van der Waals surface area contributed by atoms with E-state index in [1.54, 1.807) is 36.4 Å². The van der Waals surface area contributed by atoms with Crippen LogP contribution in [0.3, 0.4) is 0 Å². The van der Waals surface area contributed by atoms with Crippen molar-refractivity contribution in [2.45, 2.75) is 19.8 Å². The lowest BCUT2D eigenvalue weighted by Gasteiger charge is -2.09. The molecule has 0 atom stereocenters. The summed E-state index contributed by atoms with van der Waals surface area (Å²) in [5, 5.41) is 0. The fraction of sp³-hybridized carbons (Fsp3) is 0.211. The van der Waals surface area contributed by atoms with Gasteiger partial charge in [0.15, 0.2) is 5.69 Å². The molecule has 0 aliphatic carbocycles. The first-order valence-corrected chi connectivity index (χ1v) is 7.40. The van der Waals surface area contributed by atoms with Gasteiger partial charge >= 0.3 is 5.97 Å². The summed E-state index contributed by atoms with van der Waals surface area (Å²) in [6, 6.07) is 10.2. The topological polar surface area (TPSA) is 73.8 Å². The van der Waals surface area contributed by atoms with Gasteiger partial charge in [-0.05, 0) is 41.8 Å². The van der Waals surface area contributed by atoms with Crippen LogP contribution in [0.4, 0.5) is 11.4 Å². The number of rotatable bonds is 5. The van der Waals surface area contributed by atoms with E-state index in [9.17, 15) is 9.59 Å². The number of nitrogens with two attached hydrogens (primary N) is 1. The Hall–Kier alpha value is -3.13. The number of esters is 1. The number of ketones is 1. The molecule has 0 aliphatic heterocycles. The normalized spacial score (nSPS) is 10.0. The molecule has 0 heterocycles. The number of Topliss-reactive ketones (excluding diaryl/α,β-unsaturated/α-hetero) is 1. The summed E-state index contributed by atoms with van der Waals surface area (Å²) in [5.41, 5.74) is 9.55. The minimum absolute atomic E-state index is 0.0151. The molecule has 2 rings (SSSR count). The van der Waals surface area contributed by atoms with Crippen LogP contribution in [0.25, 0.3) is 4.85 Å². The van der Waals surface area contributed by atoms with Crippen LogP contribution in [0.5, 0.6) is 0 Å². The molecular weight excluding hydrogens is 304 g/mol. The molecule has 122 valence electrons. The van der Waals surface area contributed by atoms with Gasteiger partial charge in [-0.15, -0.1) is 0 Å². The SMILES string of the molecule is [C-]#[N+]c1cc(N)c(CC(=O)Cc2cccc(C(=O)OC)c2)cc1C. The zero-order valence-electron chi connectivity index (χ0n) is 13.6. The largest absolute Gasteiger partial charge is 0.465 e. The molecular formula is C19H18N2O3. The number of benzene rings is 2. The van der Waals surface area contributed by atoms with Crippen molar-refractivity contribution in [3.8, 4) is 0 Å². The zero-order valence-corrected chi connectivity index (χ0v) is 13.6. The smallest absolute Gasteiger partial charge is 0.337 e. The molecule has 0 saturated carbocycles. The van der Waals surface area contributed by atoms with Crippen LogP contribution in [-0.2, 0) is 22.4 Å². The summed E-state index contributed by atoms with van der Waals surface area (Å²) in [6.07, 6.45) is 0.390. The van der Waals surface area contributed by atoms with E-state index in [1.807, 2.05) is 6.92 Å². The average Bonchev–Trinajstić information content (AvgIpc) is 2.57. The molecule has 0 spiro atoms. The van der Waals surface area contributed by atoms with Gasteiger partial charge in [-0.3, -0.25) is 4.79 Å². The number of ether oxygens (including phenoxy) is 1. The molecule has 24 heavy (non-hydrogen) atoms. The number of carbonyl (C=O) groups excluding carboxylic acids is 2. The Morgan fingerprint density at radius 1 is 1.21 bits per heavy atom. The molecule has 0 aromatic heterocycles. The van der Waals surface area contributed by atoms with Gasteiger partial charge in [-0.25, -0.2) is 9.64 Å². The van der Waals surface area contributed by atoms with Crippen molar-refractivity contribution in [2.75, 3.05) is 12.8 Å². The Kier molecular flexibility index (Phi) is 5.33. The molecule has 5 nitrogen and oxygen atoms in total. The predicted molar refractivity (Wildman–Crippen MR) is 92.0 cm³/mol. The van der Waals surface area contributed by atoms with Crippen LogP contribution in [0.15, 0.2) is 36.4 Å². The lowest BCUT2D eigenvalue weighted by atomic mass is 9.98. The second kappa shape index (κ2) is 7.42. The minimum Gasteiger partial charge on any atom is -0.465 e. The zero-order chi connectivity index (χ0) is 17.7. The minimum atomic E-state index is -0.432. The summed E-state index contributed by atoms with van der Waals surface area (Å²) in [4.78, 5) is 27.2. The first-order valence-electron chi connectivity index (χ1n) is 7.40. The van der Waals surface area contributed by atoms with E-state index in [1.165, 1.54) is 7.11 Å². The summed E-state index contributed by atoms with van der Waals surface area (Å²) >= 11 is 0. The molecule has 2 N–H and O–H groups in total. The fourth-order valence-electron chi connectivity index (χ4n) is 2.47. The maximum atomic E-state index is 12.3. The van der Waals surface area contributed by atoms with Gasteiger partial charge < -0.3 is 10.5 Å². The molecule has 5 heteroatoms. The number of anilines is 1. The highest BCUT2D eigenvalue weighted by atomic mass is 16.5. The van der Waals surface area contributed by atoms with E-state index < -0.39 is 5.97 Å². The quantitative estimate of drug-likeness (QED) is 0.521. The van der Waals surface area contributed by atoms with Crippen LogP contribution in [0, 0.1) is 13.5 Å². The molecule has 0 radical (unpaired) electrons. The molecule has 2 aromatic rings. The lowest BCUT2D eigenvalue weighted by Crippen LogP contribution is -2.09. The summed E-state index contributed by atoms with van der Waals surface area (Å²) in [7, 11) is 1.32. The van der Waals surface area contributed by atoms with Crippen LogP contribution >= 0.6 is 0 Å². The third-order valence-electron chi connectivity index (χ3n) is 3.72. The standard InChI is InChI=1S/C19H18N2O3/c1-12-7-15(17(20)11-18(12)21-2)10-16(22)9-13-5-4-6-14(8-13)19(23)24-3/h4-8,11H,9-10,20H2,1,3H3. The van der Waals surface area contributed by atoms with Gasteiger partial charge in [-0.1, -0.05) is 18.2 Å². The van der Waals surface area contributed by atoms with E-state index in [4.69, 9.17) is 12.3 Å². The van der Waals surface area contributed by atoms with Crippen molar-refractivity contribution in [1.29, 1.82) is 0 Å². The Balaban J connectivity index is 2.13. The Morgan fingerprint density at radius 3 is 2.62 bits per heavy atom. The van der Waals surface area contributed by atoms with Crippen molar-refractivity contribution >= 4 is 23.1 Å². The Labute approximate surface area is 140 Å². The molecule has 0 unspecified atom stereocenters. The molecule has 0 bridgehead atoms. The Bertz CT molecular complexity index is 835. The van der Waals surface area contributed by atoms with Crippen molar-refractivity contribution < 1.29 is 14.3 Å². The first kappa shape index (κ1) is 17.2. The maximum absolute atomic E-state index is 12.3. The molecule has 0 aliphatic rings. The van der Waals surface area contributed by atoms with E-state index in [0.29, 0.717) is 22.5 Å². The number of hydrogen-bond donors (Lipinski definition) is 1. The third kappa shape index (κ3) is 3.99. The van der Waals surface area contributed by atoms with E-state index in [2.05, 4.69) is 9.58 Å². The summed E-state index contributed by atoms with van der Waals surface area (Å²) < 4.78 is 4.68. The van der Waals surface area contributed by atoms with Crippen LogP contribution in [-0.4, -0.2) is 18.9 Å². The highest BCUT2D eigenvalue weighted by Gasteiger charge is 2.12. The monoisotopic (exact) mass is 322 g/mol. The number of nitrogens with zero attached hydrogens (tertiary/aromatic N) is 1. The second-order valence-corrected chi connectivity index (χ2v) is 5.53. The maximum Gasteiger partial charge on any atom is 0.337 e. The van der Waals surface area contributed by atoms with Crippen LogP contribution in [0.1, 0.15) is 27.0 Å². The number of nitrogen functional groups attached to an aromatic ring is 1. The van der Waals surface area contributed by atoms with Crippen molar-refractivity contribution in [3.05, 3.63) is 70.1 Å². The first-order chi connectivity index (χ1) is 11.4. The molecule has 2 aromatic carbocycles. The highest BCUT2D eigenvalue weighted by molar-refractivity contribution is 5.90. The van der Waals surface area contributed by atoms with E-state index >= 15 is 0 Å². The van der Waals surface area contributed by atoms with Gasteiger partial charge in [0.25, 0.3) is 0 Å². The van der Waals surface area contributed by atoms with Crippen molar-refractivity contribution in [3.63, 3.8) is 0 Å². The lowest BCUT2D eigenvalue weighted by molar-refractivity contribution is -0.117. The highest BCUT2D eigenvalue weighted by Crippen LogP contribution is 2.26. The molecule has 0 saturated heterocycles. The van der Waals surface area contributed by atoms with Gasteiger partial charge in [0.1, 0.15) is 5.78 Å². The summed E-state index contributed by atoms with van der Waals surface area (Å²) in [5.74, 6) is -0.447. The third-order valence-corrected chi connectivity index (χ3v) is 3.72. The summed E-state index contributed by atoms with van der Waals surface area (Å²) in [6.45, 7) is 8.90. The molecule has 0 fully saturated rings. The number of carbonyl (C=O) groups is 2. The number of hydrogen-bond acceptors (Lipinski definition) is 4. The fourth-order valence-corrected chi connectivity index (χ4v) is 2.47. The van der Waals surface area contributed by atoms with E-state index in [0.717, 1.165) is 11.1 Å².